The zero-order chi connectivity index (χ0) is 12.5. The van der Waals surface area contributed by atoms with Crippen molar-refractivity contribution in [1.82, 2.24) is 10.4 Å². The predicted molar refractivity (Wildman–Crippen MR) is 55.6 cm³/mol. The van der Waals surface area contributed by atoms with Crippen LogP contribution in [0.15, 0.2) is 11.9 Å². The van der Waals surface area contributed by atoms with Gasteiger partial charge in [0.05, 0.1) is 7.11 Å². The van der Waals surface area contributed by atoms with Crippen molar-refractivity contribution in [2.45, 2.75) is 32.4 Å². The number of hydrogen-bond donors (Lipinski definition) is 1. The molecule has 0 saturated heterocycles. The first-order valence-corrected chi connectivity index (χ1v) is 4.84. The Morgan fingerprint density at radius 1 is 1.69 bits per heavy atom. The van der Waals surface area contributed by atoms with E-state index in [9.17, 15) is 14.9 Å². The van der Waals surface area contributed by atoms with Crippen LogP contribution in [-0.4, -0.2) is 34.6 Å². The number of nitrogens with one attached hydrogen (secondary N) is 1. The van der Waals surface area contributed by atoms with Crippen molar-refractivity contribution in [3.05, 3.63) is 22.0 Å². The van der Waals surface area contributed by atoms with Gasteiger partial charge in [0.2, 0.25) is 0 Å². The lowest BCUT2D eigenvalue weighted by Crippen LogP contribution is -2.53. The minimum Gasteiger partial charge on any atom is -0.467 e. The van der Waals surface area contributed by atoms with Gasteiger partial charge in [-0.1, -0.05) is 0 Å². The standard InChI is InChI=1S/C9H15N3O4/c1-6(2)11-7(12(14)15)5-9(3,10-11)8(13)16-4/h5-6,10H,1-4H3. The maximum atomic E-state index is 11.5. The molecule has 1 atom stereocenters. The van der Waals surface area contributed by atoms with Gasteiger partial charge < -0.3 is 14.9 Å². The van der Waals surface area contributed by atoms with Crippen molar-refractivity contribution in [2.75, 3.05) is 7.11 Å². The van der Waals surface area contributed by atoms with Gasteiger partial charge in [-0.15, -0.1) is 5.43 Å². The molecular weight excluding hydrogens is 214 g/mol. The fraction of sp³-hybridized carbons (Fsp3) is 0.667. The lowest BCUT2D eigenvalue weighted by molar-refractivity contribution is -0.448. The summed E-state index contributed by atoms with van der Waals surface area (Å²) in [6.45, 7) is 5.10. The van der Waals surface area contributed by atoms with Crippen LogP contribution in [0.4, 0.5) is 0 Å². The van der Waals surface area contributed by atoms with Crippen LogP contribution in [0.2, 0.25) is 0 Å². The third-order valence-electron chi connectivity index (χ3n) is 2.33. The molecular formula is C9H15N3O4. The fourth-order valence-corrected chi connectivity index (χ4v) is 1.52. The van der Waals surface area contributed by atoms with Gasteiger partial charge >= 0.3 is 11.8 Å². The first kappa shape index (κ1) is 12.4. The predicted octanol–water partition coefficient (Wildman–Crippen LogP) is 0.265. The number of rotatable bonds is 3. The third-order valence-corrected chi connectivity index (χ3v) is 2.33. The Kier molecular flexibility index (Phi) is 3.18. The number of hydrogen-bond acceptors (Lipinski definition) is 6. The number of esters is 1. The summed E-state index contributed by atoms with van der Waals surface area (Å²) in [5, 5.41) is 12.2. The maximum absolute atomic E-state index is 11.5. The molecule has 16 heavy (non-hydrogen) atoms. The highest BCUT2D eigenvalue weighted by Gasteiger charge is 2.47. The summed E-state index contributed by atoms with van der Waals surface area (Å²) >= 11 is 0. The van der Waals surface area contributed by atoms with Crippen molar-refractivity contribution in [2.24, 2.45) is 0 Å². The Morgan fingerprint density at radius 2 is 2.25 bits per heavy atom. The molecule has 0 aromatic carbocycles. The number of methoxy groups -OCH3 is 1. The minimum absolute atomic E-state index is 0.136. The molecule has 0 aromatic heterocycles. The molecule has 1 N–H and O–H groups in total. The maximum Gasteiger partial charge on any atom is 0.335 e. The number of ether oxygens (including phenoxy) is 1. The lowest BCUT2D eigenvalue weighted by Gasteiger charge is -2.22. The summed E-state index contributed by atoms with van der Waals surface area (Å²) in [5.74, 6) is -0.696. The van der Waals surface area contributed by atoms with Crippen LogP contribution in [0, 0.1) is 10.1 Å². The van der Waals surface area contributed by atoms with Gasteiger partial charge in [0.25, 0.3) is 0 Å². The van der Waals surface area contributed by atoms with E-state index in [-0.39, 0.29) is 11.9 Å². The van der Waals surface area contributed by atoms with Gasteiger partial charge in [-0.05, 0) is 25.7 Å². The van der Waals surface area contributed by atoms with E-state index in [2.05, 4.69) is 10.2 Å². The quantitative estimate of drug-likeness (QED) is 0.424. The second-order valence-corrected chi connectivity index (χ2v) is 4.03. The van der Waals surface area contributed by atoms with Crippen molar-refractivity contribution in [1.29, 1.82) is 0 Å². The average Bonchev–Trinajstić information content (AvgIpc) is 2.57. The average molecular weight is 229 g/mol. The van der Waals surface area contributed by atoms with Crippen molar-refractivity contribution >= 4 is 5.97 Å². The zero-order valence-electron chi connectivity index (χ0n) is 9.68. The van der Waals surface area contributed by atoms with Crippen LogP contribution in [0.5, 0.6) is 0 Å². The first-order chi connectivity index (χ1) is 7.31. The molecule has 0 bridgehead atoms. The van der Waals surface area contributed by atoms with Gasteiger partial charge in [-0.2, -0.15) is 5.01 Å². The molecule has 1 unspecified atom stereocenters. The summed E-state index contributed by atoms with van der Waals surface area (Å²) in [7, 11) is 1.24. The molecule has 0 spiro atoms. The van der Waals surface area contributed by atoms with Crippen molar-refractivity contribution in [3.8, 4) is 0 Å². The van der Waals surface area contributed by atoms with E-state index in [1.165, 1.54) is 25.1 Å². The van der Waals surface area contributed by atoms with Crippen LogP contribution in [-0.2, 0) is 9.53 Å². The van der Waals surface area contributed by atoms with Crippen molar-refractivity contribution < 1.29 is 14.5 Å². The molecule has 1 rings (SSSR count). The van der Waals surface area contributed by atoms with E-state index in [1.54, 1.807) is 13.8 Å². The van der Waals surface area contributed by atoms with E-state index in [0.29, 0.717) is 0 Å². The lowest BCUT2D eigenvalue weighted by atomic mass is 10.1. The Morgan fingerprint density at radius 3 is 2.56 bits per heavy atom. The van der Waals surface area contributed by atoms with E-state index < -0.39 is 16.4 Å². The van der Waals surface area contributed by atoms with E-state index >= 15 is 0 Å². The minimum atomic E-state index is -1.18. The molecule has 0 radical (unpaired) electrons. The number of nitro groups is 1. The molecule has 1 aliphatic rings. The number of carbonyl (C=O) groups excluding carboxylic acids is 1. The number of carbonyl (C=O) groups is 1. The molecule has 0 fully saturated rings. The van der Waals surface area contributed by atoms with Gasteiger partial charge in [0.15, 0.2) is 5.54 Å². The Balaban J connectivity index is 3.06. The summed E-state index contributed by atoms with van der Waals surface area (Å²) < 4.78 is 4.60. The highest BCUT2D eigenvalue weighted by Crippen LogP contribution is 2.24. The summed E-state index contributed by atoms with van der Waals surface area (Å²) in [6, 6.07) is -0.136. The normalized spacial score (nSPS) is 24.6. The summed E-state index contributed by atoms with van der Waals surface area (Å²) in [6.07, 6.45) is 1.26. The molecule has 90 valence electrons. The fourth-order valence-electron chi connectivity index (χ4n) is 1.52. The van der Waals surface area contributed by atoms with Crippen LogP contribution in [0.25, 0.3) is 0 Å². The second kappa shape index (κ2) is 4.09. The number of nitrogens with zero attached hydrogens (tertiary/aromatic N) is 2. The molecule has 0 aromatic rings. The Hall–Kier alpha value is -1.63. The topological polar surface area (TPSA) is 84.7 Å². The Bertz CT molecular complexity index is 353. The molecule has 0 aliphatic carbocycles. The van der Waals surface area contributed by atoms with Crippen LogP contribution >= 0.6 is 0 Å². The van der Waals surface area contributed by atoms with Crippen LogP contribution in [0.1, 0.15) is 20.8 Å². The second-order valence-electron chi connectivity index (χ2n) is 4.03. The molecule has 7 heteroatoms. The highest BCUT2D eigenvalue weighted by molar-refractivity contribution is 5.83. The summed E-state index contributed by atoms with van der Waals surface area (Å²) in [4.78, 5) is 21.8. The van der Waals surface area contributed by atoms with E-state index in [1.807, 2.05) is 0 Å². The zero-order valence-corrected chi connectivity index (χ0v) is 9.68. The van der Waals surface area contributed by atoms with Gasteiger partial charge in [0.1, 0.15) is 6.04 Å². The largest absolute Gasteiger partial charge is 0.467 e. The third kappa shape index (κ3) is 1.99. The SMILES string of the molecule is COC(=O)C1(C)C=C([N+](=O)[O-])N(C(C)C)N1. The molecule has 0 saturated carbocycles. The number of hydrazine groups is 1. The molecule has 1 aliphatic heterocycles. The van der Waals surface area contributed by atoms with Gasteiger partial charge in [-0.25, -0.2) is 4.79 Å². The van der Waals surface area contributed by atoms with E-state index in [4.69, 9.17) is 0 Å². The highest BCUT2D eigenvalue weighted by atomic mass is 16.6. The first-order valence-electron chi connectivity index (χ1n) is 4.84. The van der Waals surface area contributed by atoms with Crippen LogP contribution < -0.4 is 5.43 Å². The van der Waals surface area contributed by atoms with Crippen LogP contribution in [0.3, 0.4) is 0 Å². The molecule has 1 heterocycles. The van der Waals surface area contributed by atoms with Gasteiger partial charge in [-0.3, -0.25) is 0 Å². The monoisotopic (exact) mass is 229 g/mol. The molecule has 0 amide bonds. The molecule has 7 nitrogen and oxygen atoms in total. The smallest absolute Gasteiger partial charge is 0.335 e. The van der Waals surface area contributed by atoms with E-state index in [0.717, 1.165) is 0 Å². The van der Waals surface area contributed by atoms with Crippen molar-refractivity contribution in [3.63, 3.8) is 0 Å². The van der Waals surface area contributed by atoms with Gasteiger partial charge in [0, 0.05) is 6.08 Å². The Labute approximate surface area is 93.2 Å². The summed E-state index contributed by atoms with van der Waals surface area (Å²) in [5.41, 5.74) is 1.59.